The second-order valence-corrected chi connectivity index (χ2v) is 3.13. The van der Waals surface area contributed by atoms with Crippen LogP contribution in [0, 0.1) is 0 Å². The van der Waals surface area contributed by atoms with E-state index in [9.17, 15) is 0 Å². The fourth-order valence-corrected chi connectivity index (χ4v) is 1.47. The first kappa shape index (κ1) is 12.4. The molecule has 0 heterocycles. The van der Waals surface area contributed by atoms with Gasteiger partial charge in [0, 0.05) is 0 Å². The van der Waals surface area contributed by atoms with Gasteiger partial charge in [-0.25, -0.2) is 0 Å². The van der Waals surface area contributed by atoms with E-state index in [1.807, 2.05) is 0 Å². The van der Waals surface area contributed by atoms with Crippen molar-refractivity contribution in [2.24, 2.45) is 5.16 Å². The summed E-state index contributed by atoms with van der Waals surface area (Å²) in [4.78, 5) is 0. The fraction of sp³-hybridized carbons (Fsp3) is 0.300. The highest BCUT2D eigenvalue weighted by Gasteiger charge is 2.18. The van der Waals surface area contributed by atoms with Crippen molar-refractivity contribution in [1.29, 1.82) is 0 Å². The van der Waals surface area contributed by atoms with Crippen molar-refractivity contribution in [3.63, 3.8) is 0 Å². The second kappa shape index (κ2) is 5.46. The van der Waals surface area contributed by atoms with Crippen LogP contribution in [-0.2, 0) is 0 Å². The van der Waals surface area contributed by atoms with Gasteiger partial charge in [0.15, 0.2) is 16.7 Å². The Morgan fingerprint density at radius 2 is 1.75 bits per heavy atom. The van der Waals surface area contributed by atoms with Crippen LogP contribution in [0.15, 0.2) is 17.3 Å². The van der Waals surface area contributed by atoms with Crippen molar-refractivity contribution in [2.75, 3.05) is 21.3 Å². The maximum absolute atomic E-state index is 8.63. The molecule has 0 fully saturated rings. The van der Waals surface area contributed by atoms with Crippen molar-refractivity contribution in [3.05, 3.63) is 17.7 Å². The first-order chi connectivity index (χ1) is 7.69. The topological polar surface area (TPSA) is 60.3 Å². The predicted octanol–water partition coefficient (Wildman–Crippen LogP) is 2.09. The van der Waals surface area contributed by atoms with Gasteiger partial charge in [0.1, 0.15) is 0 Å². The Labute approximate surface area is 98.2 Å². The molecule has 5 nitrogen and oxygen atoms in total. The largest absolute Gasteiger partial charge is 0.493 e. The second-order valence-electron chi connectivity index (χ2n) is 2.77. The summed E-state index contributed by atoms with van der Waals surface area (Å²) in [5.74, 6) is 1.25. The molecule has 0 aromatic heterocycles. The first-order valence-electron chi connectivity index (χ1n) is 4.36. The summed E-state index contributed by atoms with van der Waals surface area (Å²) in [5, 5.41) is 11.4. The lowest BCUT2D eigenvalue weighted by Crippen LogP contribution is -2.01. The number of ether oxygens (including phenoxy) is 3. The molecule has 16 heavy (non-hydrogen) atoms. The quantitative estimate of drug-likeness (QED) is 0.501. The summed E-state index contributed by atoms with van der Waals surface area (Å²) in [7, 11) is 4.45. The number of hydrogen-bond acceptors (Lipinski definition) is 5. The zero-order valence-electron chi connectivity index (χ0n) is 9.15. The first-order valence-corrected chi connectivity index (χ1v) is 4.74. The maximum atomic E-state index is 8.63. The lowest BCUT2D eigenvalue weighted by Gasteiger charge is -2.14. The molecule has 1 rings (SSSR count). The van der Waals surface area contributed by atoms with Gasteiger partial charge in [-0.15, -0.1) is 0 Å². The summed E-state index contributed by atoms with van der Waals surface area (Å²) in [6, 6.07) is 3.26. The Balaban J connectivity index is 3.43. The van der Waals surface area contributed by atoms with E-state index in [0.29, 0.717) is 22.8 Å². The highest BCUT2D eigenvalue weighted by atomic mass is 35.5. The van der Waals surface area contributed by atoms with E-state index in [1.54, 1.807) is 12.1 Å². The van der Waals surface area contributed by atoms with E-state index in [0.717, 1.165) is 0 Å². The minimum Gasteiger partial charge on any atom is -0.493 e. The molecule has 0 atom stereocenters. The van der Waals surface area contributed by atoms with Gasteiger partial charge in [-0.3, -0.25) is 0 Å². The number of nitrogens with zero attached hydrogens (tertiary/aromatic N) is 1. The number of halogens is 1. The number of benzene rings is 1. The van der Waals surface area contributed by atoms with Crippen LogP contribution < -0.4 is 14.2 Å². The van der Waals surface area contributed by atoms with Gasteiger partial charge in [0.2, 0.25) is 5.75 Å². The minimum absolute atomic E-state index is 0.0854. The van der Waals surface area contributed by atoms with Crippen molar-refractivity contribution >= 4 is 16.8 Å². The van der Waals surface area contributed by atoms with Gasteiger partial charge in [-0.05, 0) is 12.1 Å². The van der Waals surface area contributed by atoms with Gasteiger partial charge in [-0.1, -0.05) is 16.8 Å². The Kier molecular flexibility index (Phi) is 4.25. The van der Waals surface area contributed by atoms with E-state index >= 15 is 0 Å². The molecule has 0 amide bonds. The number of hydrogen-bond donors (Lipinski definition) is 1. The zero-order valence-corrected chi connectivity index (χ0v) is 9.91. The van der Waals surface area contributed by atoms with E-state index in [2.05, 4.69) is 5.16 Å². The molecule has 0 saturated heterocycles. The van der Waals surface area contributed by atoms with Crippen LogP contribution >= 0.6 is 11.6 Å². The third-order valence-corrected chi connectivity index (χ3v) is 2.29. The van der Waals surface area contributed by atoms with Crippen LogP contribution in [0.4, 0.5) is 0 Å². The molecule has 0 aliphatic heterocycles. The molecule has 0 unspecified atom stereocenters. The molecular formula is C10H12ClNO4. The van der Waals surface area contributed by atoms with Crippen molar-refractivity contribution in [3.8, 4) is 17.2 Å². The monoisotopic (exact) mass is 245 g/mol. The highest BCUT2D eigenvalue weighted by molar-refractivity contribution is 6.69. The van der Waals surface area contributed by atoms with Gasteiger partial charge in [0.25, 0.3) is 0 Å². The Hall–Kier alpha value is -1.62. The third kappa shape index (κ3) is 2.14. The lowest BCUT2D eigenvalue weighted by molar-refractivity contribution is 0.317. The van der Waals surface area contributed by atoms with E-state index in [-0.39, 0.29) is 5.17 Å². The molecule has 0 spiro atoms. The van der Waals surface area contributed by atoms with Crippen LogP contribution in [-0.4, -0.2) is 31.7 Å². The molecule has 1 aromatic rings. The van der Waals surface area contributed by atoms with Gasteiger partial charge >= 0.3 is 0 Å². The highest BCUT2D eigenvalue weighted by Crippen LogP contribution is 2.40. The number of rotatable bonds is 4. The molecule has 6 heteroatoms. The van der Waals surface area contributed by atoms with Gasteiger partial charge in [-0.2, -0.15) is 0 Å². The fourth-order valence-electron chi connectivity index (χ4n) is 1.32. The summed E-state index contributed by atoms with van der Waals surface area (Å²) >= 11 is 5.72. The molecule has 1 N–H and O–H groups in total. The van der Waals surface area contributed by atoms with E-state index in [1.165, 1.54) is 21.3 Å². The van der Waals surface area contributed by atoms with Gasteiger partial charge in [0.05, 0.1) is 26.9 Å². The smallest absolute Gasteiger partial charge is 0.204 e. The number of methoxy groups -OCH3 is 3. The Morgan fingerprint density at radius 3 is 2.19 bits per heavy atom. The summed E-state index contributed by atoms with van der Waals surface area (Å²) in [5.41, 5.74) is 0.421. The molecule has 1 aromatic carbocycles. The average Bonchev–Trinajstić information content (AvgIpc) is 2.35. The normalized spacial score (nSPS) is 11.1. The molecular weight excluding hydrogens is 234 g/mol. The average molecular weight is 246 g/mol. The van der Waals surface area contributed by atoms with Crippen molar-refractivity contribution in [1.82, 2.24) is 0 Å². The van der Waals surface area contributed by atoms with Crippen molar-refractivity contribution in [2.45, 2.75) is 0 Å². The lowest BCUT2D eigenvalue weighted by atomic mass is 10.2. The van der Waals surface area contributed by atoms with Crippen LogP contribution in [0.3, 0.4) is 0 Å². The van der Waals surface area contributed by atoms with Crippen LogP contribution in [0.2, 0.25) is 0 Å². The predicted molar refractivity (Wildman–Crippen MR) is 60.3 cm³/mol. The Bertz CT molecular complexity index is 406. The number of oxime groups is 1. The summed E-state index contributed by atoms with van der Waals surface area (Å²) in [6.07, 6.45) is 0. The molecule has 0 saturated carbocycles. The van der Waals surface area contributed by atoms with Crippen molar-refractivity contribution < 1.29 is 19.4 Å². The zero-order chi connectivity index (χ0) is 12.1. The van der Waals surface area contributed by atoms with Crippen LogP contribution in [0.25, 0.3) is 0 Å². The maximum Gasteiger partial charge on any atom is 0.204 e. The summed E-state index contributed by atoms with van der Waals surface area (Å²) < 4.78 is 15.4. The molecule has 0 bridgehead atoms. The minimum atomic E-state index is -0.0854. The molecule has 0 radical (unpaired) electrons. The summed E-state index contributed by atoms with van der Waals surface area (Å²) in [6.45, 7) is 0. The SMILES string of the molecule is COc1ccc(C(Cl)=NO)c(OC)c1OC. The molecule has 0 aliphatic carbocycles. The van der Waals surface area contributed by atoms with Gasteiger partial charge < -0.3 is 19.4 Å². The third-order valence-electron chi connectivity index (χ3n) is 2.01. The molecule has 88 valence electrons. The van der Waals surface area contributed by atoms with Crippen LogP contribution in [0.5, 0.6) is 17.2 Å². The standard InChI is InChI=1S/C10H12ClNO4/c1-14-7-5-4-6(10(11)12-13)8(15-2)9(7)16-3/h4-5,13H,1-3H3. The Morgan fingerprint density at radius 1 is 1.12 bits per heavy atom. The van der Waals surface area contributed by atoms with E-state index in [4.69, 9.17) is 31.0 Å². The molecule has 0 aliphatic rings. The van der Waals surface area contributed by atoms with E-state index < -0.39 is 0 Å². The van der Waals surface area contributed by atoms with Crippen LogP contribution in [0.1, 0.15) is 5.56 Å².